The molecule has 1 aromatic carbocycles. The quantitative estimate of drug-likeness (QED) is 0.481. The number of fused-ring (bicyclic) bond motifs is 1. The van der Waals surface area contributed by atoms with E-state index in [1.165, 1.54) is 21.6 Å². The van der Waals surface area contributed by atoms with E-state index in [4.69, 9.17) is 23.2 Å². The summed E-state index contributed by atoms with van der Waals surface area (Å²) in [6, 6.07) is 12.6. The fourth-order valence-electron chi connectivity index (χ4n) is 3.66. The predicted octanol–water partition coefficient (Wildman–Crippen LogP) is 6.25. The van der Waals surface area contributed by atoms with E-state index in [0.29, 0.717) is 5.02 Å². The third-order valence-electron chi connectivity index (χ3n) is 4.73. The molecule has 132 valence electrons. The SMILES string of the molecule is C=CCN1Cc2sc(Cl)cc2C(c2ccccc2-c2cncc(Cl)c2)C1. The van der Waals surface area contributed by atoms with Crippen molar-refractivity contribution in [1.29, 1.82) is 0 Å². The highest BCUT2D eigenvalue weighted by atomic mass is 35.5. The van der Waals surface area contributed by atoms with Gasteiger partial charge in [-0.1, -0.05) is 53.5 Å². The van der Waals surface area contributed by atoms with Crippen LogP contribution in [0.5, 0.6) is 0 Å². The van der Waals surface area contributed by atoms with Crippen LogP contribution in [0.25, 0.3) is 11.1 Å². The number of nitrogens with zero attached hydrogens (tertiary/aromatic N) is 2. The number of halogens is 2. The number of thiophene rings is 1. The normalized spacial score (nSPS) is 17.1. The molecule has 0 spiro atoms. The number of hydrogen-bond donors (Lipinski definition) is 0. The van der Waals surface area contributed by atoms with Gasteiger partial charge in [0.2, 0.25) is 0 Å². The maximum absolute atomic E-state index is 6.36. The number of rotatable bonds is 4. The molecule has 1 unspecified atom stereocenters. The Morgan fingerprint density at radius 1 is 1.19 bits per heavy atom. The molecule has 0 amide bonds. The predicted molar refractivity (Wildman–Crippen MR) is 111 cm³/mol. The Kier molecular flexibility index (Phi) is 5.14. The maximum Gasteiger partial charge on any atom is 0.0934 e. The zero-order valence-electron chi connectivity index (χ0n) is 14.2. The lowest BCUT2D eigenvalue weighted by atomic mass is 9.84. The van der Waals surface area contributed by atoms with Crippen LogP contribution in [0.2, 0.25) is 9.36 Å². The molecule has 2 nitrogen and oxygen atoms in total. The zero-order chi connectivity index (χ0) is 18.1. The highest BCUT2D eigenvalue weighted by molar-refractivity contribution is 7.16. The van der Waals surface area contributed by atoms with E-state index in [2.05, 4.69) is 46.8 Å². The van der Waals surface area contributed by atoms with Crippen LogP contribution in [0, 0.1) is 0 Å². The minimum atomic E-state index is 0.262. The van der Waals surface area contributed by atoms with Crippen molar-refractivity contribution in [3.05, 3.63) is 86.8 Å². The monoisotopic (exact) mass is 400 g/mol. The van der Waals surface area contributed by atoms with Crippen LogP contribution in [-0.4, -0.2) is 23.0 Å². The molecule has 3 heterocycles. The Morgan fingerprint density at radius 2 is 2.04 bits per heavy atom. The molecule has 4 rings (SSSR count). The molecule has 0 radical (unpaired) electrons. The third kappa shape index (κ3) is 3.45. The van der Waals surface area contributed by atoms with Gasteiger partial charge in [-0.2, -0.15) is 0 Å². The summed E-state index contributed by atoms with van der Waals surface area (Å²) in [6.07, 6.45) is 5.50. The Labute approximate surface area is 167 Å². The fraction of sp³-hybridized carbons (Fsp3) is 0.190. The van der Waals surface area contributed by atoms with Gasteiger partial charge in [-0.25, -0.2) is 0 Å². The van der Waals surface area contributed by atoms with Gasteiger partial charge in [-0.05, 0) is 28.8 Å². The second-order valence-electron chi connectivity index (χ2n) is 6.44. The van der Waals surface area contributed by atoms with Crippen molar-refractivity contribution in [2.45, 2.75) is 12.5 Å². The van der Waals surface area contributed by atoms with Crippen LogP contribution >= 0.6 is 34.5 Å². The van der Waals surface area contributed by atoms with Gasteiger partial charge < -0.3 is 0 Å². The van der Waals surface area contributed by atoms with Crippen molar-refractivity contribution in [1.82, 2.24) is 9.88 Å². The molecule has 1 aliphatic heterocycles. The molecular formula is C21H18Cl2N2S. The number of benzene rings is 1. The van der Waals surface area contributed by atoms with E-state index >= 15 is 0 Å². The maximum atomic E-state index is 6.36. The highest BCUT2D eigenvalue weighted by Gasteiger charge is 2.29. The van der Waals surface area contributed by atoms with Gasteiger partial charge in [0, 0.05) is 48.4 Å². The van der Waals surface area contributed by atoms with Gasteiger partial charge in [0.15, 0.2) is 0 Å². The van der Waals surface area contributed by atoms with Gasteiger partial charge >= 0.3 is 0 Å². The lowest BCUT2D eigenvalue weighted by molar-refractivity contribution is 0.270. The molecule has 5 heteroatoms. The lowest BCUT2D eigenvalue weighted by Crippen LogP contribution is -2.33. The van der Waals surface area contributed by atoms with E-state index in [1.807, 2.05) is 18.3 Å². The fourth-order valence-corrected chi connectivity index (χ4v) is 5.22. The summed E-state index contributed by atoms with van der Waals surface area (Å²) in [7, 11) is 0. The number of aromatic nitrogens is 1. The smallest absolute Gasteiger partial charge is 0.0934 e. The van der Waals surface area contributed by atoms with Crippen LogP contribution in [0.3, 0.4) is 0 Å². The zero-order valence-corrected chi connectivity index (χ0v) is 16.5. The minimum Gasteiger partial charge on any atom is -0.294 e. The summed E-state index contributed by atoms with van der Waals surface area (Å²) in [6.45, 7) is 6.64. The number of pyridine rings is 1. The standard InChI is InChI=1S/C21H18Cl2N2S/c1-2-7-25-12-19(18-9-21(23)26-20(18)13-25)17-6-4-3-5-16(17)14-8-15(22)11-24-10-14/h2-6,8-11,19H,1,7,12-13H2. The van der Waals surface area contributed by atoms with Crippen molar-refractivity contribution in [3.63, 3.8) is 0 Å². The Hall–Kier alpha value is -1.65. The van der Waals surface area contributed by atoms with E-state index in [1.54, 1.807) is 17.5 Å². The van der Waals surface area contributed by atoms with Crippen LogP contribution in [0.1, 0.15) is 21.9 Å². The summed E-state index contributed by atoms with van der Waals surface area (Å²) in [5, 5.41) is 0.647. The summed E-state index contributed by atoms with van der Waals surface area (Å²) >= 11 is 14.2. The van der Waals surface area contributed by atoms with Gasteiger partial charge in [0.25, 0.3) is 0 Å². The second kappa shape index (κ2) is 7.53. The van der Waals surface area contributed by atoms with E-state index in [9.17, 15) is 0 Å². The molecule has 0 fully saturated rings. The summed E-state index contributed by atoms with van der Waals surface area (Å²) in [4.78, 5) is 8.02. The molecule has 26 heavy (non-hydrogen) atoms. The topological polar surface area (TPSA) is 16.1 Å². The summed E-state index contributed by atoms with van der Waals surface area (Å²) < 4.78 is 0.849. The summed E-state index contributed by atoms with van der Waals surface area (Å²) in [5.41, 5.74) is 4.82. The molecular weight excluding hydrogens is 383 g/mol. The van der Waals surface area contributed by atoms with Crippen molar-refractivity contribution >= 4 is 34.5 Å². The molecule has 0 N–H and O–H groups in total. The molecule has 2 aromatic heterocycles. The molecule has 0 aliphatic carbocycles. The average molecular weight is 401 g/mol. The average Bonchev–Trinajstić information content (AvgIpc) is 3.01. The van der Waals surface area contributed by atoms with E-state index in [0.717, 1.165) is 29.5 Å². The van der Waals surface area contributed by atoms with Crippen LogP contribution in [0.4, 0.5) is 0 Å². The highest BCUT2D eigenvalue weighted by Crippen LogP contribution is 2.42. The Morgan fingerprint density at radius 3 is 2.85 bits per heavy atom. The molecule has 0 saturated carbocycles. The summed E-state index contributed by atoms with van der Waals surface area (Å²) in [5.74, 6) is 0.262. The van der Waals surface area contributed by atoms with Crippen LogP contribution < -0.4 is 0 Å². The molecule has 3 aromatic rings. The first-order valence-corrected chi connectivity index (χ1v) is 10.0. The molecule has 1 atom stereocenters. The largest absolute Gasteiger partial charge is 0.294 e. The van der Waals surface area contributed by atoms with Crippen LogP contribution in [-0.2, 0) is 6.54 Å². The molecule has 0 saturated heterocycles. The molecule has 0 bridgehead atoms. The third-order valence-corrected chi connectivity index (χ3v) is 6.21. The van der Waals surface area contributed by atoms with E-state index < -0.39 is 0 Å². The first-order valence-electron chi connectivity index (χ1n) is 8.47. The first-order chi connectivity index (χ1) is 12.7. The van der Waals surface area contributed by atoms with Gasteiger partial charge in [0.05, 0.1) is 9.36 Å². The van der Waals surface area contributed by atoms with Crippen molar-refractivity contribution < 1.29 is 0 Å². The Bertz CT molecular complexity index is 951. The number of hydrogen-bond acceptors (Lipinski definition) is 3. The minimum absolute atomic E-state index is 0.262. The lowest BCUT2D eigenvalue weighted by Gasteiger charge is -2.33. The van der Waals surface area contributed by atoms with Crippen molar-refractivity contribution in [2.75, 3.05) is 13.1 Å². The van der Waals surface area contributed by atoms with Crippen molar-refractivity contribution in [3.8, 4) is 11.1 Å². The molecule has 1 aliphatic rings. The van der Waals surface area contributed by atoms with Crippen LogP contribution in [0.15, 0.2) is 61.4 Å². The van der Waals surface area contributed by atoms with E-state index in [-0.39, 0.29) is 5.92 Å². The van der Waals surface area contributed by atoms with Gasteiger partial charge in [-0.15, -0.1) is 17.9 Å². The van der Waals surface area contributed by atoms with Crippen molar-refractivity contribution in [2.24, 2.45) is 0 Å². The van der Waals surface area contributed by atoms with Gasteiger partial charge in [-0.3, -0.25) is 9.88 Å². The second-order valence-corrected chi connectivity index (χ2v) is 8.65. The van der Waals surface area contributed by atoms with Gasteiger partial charge in [0.1, 0.15) is 0 Å². The first kappa shape index (κ1) is 17.7. The Balaban J connectivity index is 1.83.